The van der Waals surface area contributed by atoms with Crippen molar-refractivity contribution in [3.63, 3.8) is 0 Å². The van der Waals surface area contributed by atoms with Crippen LogP contribution in [0.5, 0.6) is 0 Å². The smallest absolute Gasteiger partial charge is 0.227 e. The lowest BCUT2D eigenvalue weighted by Gasteiger charge is -2.07. The first-order chi connectivity index (χ1) is 10.1. The van der Waals surface area contributed by atoms with Crippen LogP contribution >= 0.6 is 0 Å². The van der Waals surface area contributed by atoms with E-state index >= 15 is 0 Å². The quantitative estimate of drug-likeness (QED) is 0.720. The molecule has 21 heavy (non-hydrogen) atoms. The topological polar surface area (TPSA) is 81.7 Å². The van der Waals surface area contributed by atoms with Crippen molar-refractivity contribution >= 4 is 17.3 Å². The lowest BCUT2D eigenvalue weighted by atomic mass is 10.1. The van der Waals surface area contributed by atoms with Crippen molar-refractivity contribution in [3.8, 4) is 11.3 Å². The molecule has 2 heterocycles. The molecular weight excluding hydrogens is 264 g/mol. The minimum Gasteiger partial charge on any atom is -0.399 e. The zero-order valence-electron chi connectivity index (χ0n) is 11.9. The number of nitrogen functional groups attached to an aromatic ring is 1. The maximum absolute atomic E-state index is 5.85. The van der Waals surface area contributed by atoms with E-state index in [-0.39, 0.29) is 0 Å². The fraction of sp³-hybridized carbons (Fsp3) is 0.133. The lowest BCUT2D eigenvalue weighted by Crippen LogP contribution is -1.97. The van der Waals surface area contributed by atoms with Crippen LogP contribution < -0.4 is 11.1 Å². The number of nitrogens with zero attached hydrogens (tertiary/aromatic N) is 4. The molecule has 0 bridgehead atoms. The number of hydrogen-bond acceptors (Lipinski definition) is 5. The fourth-order valence-corrected chi connectivity index (χ4v) is 2.03. The minimum absolute atomic E-state index is 0.537. The molecule has 106 valence electrons. The third-order valence-electron chi connectivity index (χ3n) is 3.18. The van der Waals surface area contributed by atoms with Gasteiger partial charge in [-0.15, -0.1) is 0 Å². The van der Waals surface area contributed by atoms with Crippen molar-refractivity contribution in [1.82, 2.24) is 19.7 Å². The molecule has 0 aliphatic rings. The summed E-state index contributed by atoms with van der Waals surface area (Å²) in [6, 6.07) is 7.74. The molecule has 0 spiro atoms. The molecule has 0 atom stereocenters. The Morgan fingerprint density at radius 3 is 2.81 bits per heavy atom. The van der Waals surface area contributed by atoms with E-state index in [1.807, 2.05) is 44.4 Å². The molecule has 3 N–H and O–H groups in total. The standard InChI is InChI=1S/C15H16N6/c1-10-7-11(3-4-13(10)16)14-5-6-17-15(20-14)19-12-8-18-21(2)9-12/h3-9H,16H2,1-2H3,(H,17,19,20). The molecule has 0 aliphatic carbocycles. The van der Waals surface area contributed by atoms with Crippen LogP contribution in [-0.4, -0.2) is 19.7 Å². The summed E-state index contributed by atoms with van der Waals surface area (Å²) in [6.45, 7) is 1.98. The highest BCUT2D eigenvalue weighted by Crippen LogP contribution is 2.22. The van der Waals surface area contributed by atoms with E-state index in [4.69, 9.17) is 5.73 Å². The van der Waals surface area contributed by atoms with E-state index < -0.39 is 0 Å². The van der Waals surface area contributed by atoms with Gasteiger partial charge in [-0.3, -0.25) is 4.68 Å². The molecule has 0 aliphatic heterocycles. The number of rotatable bonds is 3. The van der Waals surface area contributed by atoms with Gasteiger partial charge in [0.2, 0.25) is 5.95 Å². The first-order valence-corrected chi connectivity index (χ1v) is 6.57. The lowest BCUT2D eigenvalue weighted by molar-refractivity contribution is 0.768. The number of hydrogen-bond donors (Lipinski definition) is 2. The van der Waals surface area contributed by atoms with E-state index in [1.165, 1.54) is 0 Å². The van der Waals surface area contributed by atoms with Crippen LogP contribution in [0.2, 0.25) is 0 Å². The second kappa shape index (κ2) is 5.24. The van der Waals surface area contributed by atoms with Crippen LogP contribution in [0.1, 0.15) is 5.56 Å². The molecule has 3 aromatic rings. The number of anilines is 3. The average Bonchev–Trinajstić information content (AvgIpc) is 2.87. The van der Waals surface area contributed by atoms with Crippen LogP contribution in [0.3, 0.4) is 0 Å². The highest BCUT2D eigenvalue weighted by molar-refractivity contribution is 5.65. The first-order valence-electron chi connectivity index (χ1n) is 6.57. The summed E-state index contributed by atoms with van der Waals surface area (Å²) in [4.78, 5) is 8.74. The zero-order valence-corrected chi connectivity index (χ0v) is 11.9. The van der Waals surface area contributed by atoms with Gasteiger partial charge in [0, 0.05) is 30.7 Å². The van der Waals surface area contributed by atoms with E-state index in [1.54, 1.807) is 17.1 Å². The van der Waals surface area contributed by atoms with Gasteiger partial charge in [-0.05, 0) is 30.7 Å². The predicted molar refractivity (Wildman–Crippen MR) is 83.1 cm³/mol. The minimum atomic E-state index is 0.537. The molecule has 0 saturated carbocycles. The molecule has 0 saturated heterocycles. The van der Waals surface area contributed by atoms with Crippen molar-refractivity contribution in [2.24, 2.45) is 7.05 Å². The van der Waals surface area contributed by atoms with E-state index in [2.05, 4.69) is 20.4 Å². The molecule has 2 aromatic heterocycles. The maximum Gasteiger partial charge on any atom is 0.227 e. The predicted octanol–water partition coefficient (Wildman–Crippen LogP) is 2.51. The SMILES string of the molecule is Cc1cc(-c2ccnc(Nc3cnn(C)c3)n2)ccc1N. The summed E-state index contributed by atoms with van der Waals surface area (Å²) in [7, 11) is 1.86. The van der Waals surface area contributed by atoms with E-state index in [0.717, 1.165) is 28.2 Å². The Bertz CT molecular complexity index is 777. The van der Waals surface area contributed by atoms with Crippen LogP contribution in [0.15, 0.2) is 42.9 Å². The van der Waals surface area contributed by atoms with Gasteiger partial charge >= 0.3 is 0 Å². The van der Waals surface area contributed by atoms with Gasteiger partial charge in [-0.2, -0.15) is 5.10 Å². The van der Waals surface area contributed by atoms with Crippen molar-refractivity contribution in [3.05, 3.63) is 48.4 Å². The van der Waals surface area contributed by atoms with Gasteiger partial charge in [-0.1, -0.05) is 6.07 Å². The van der Waals surface area contributed by atoms with Crippen LogP contribution in [0.4, 0.5) is 17.3 Å². The first kappa shape index (κ1) is 13.1. The summed E-state index contributed by atoms with van der Waals surface area (Å²) < 4.78 is 1.72. The van der Waals surface area contributed by atoms with Crippen LogP contribution in [0, 0.1) is 6.92 Å². The largest absolute Gasteiger partial charge is 0.399 e. The Morgan fingerprint density at radius 2 is 2.10 bits per heavy atom. The number of benzene rings is 1. The molecule has 0 unspecified atom stereocenters. The number of nitrogens with one attached hydrogen (secondary N) is 1. The van der Waals surface area contributed by atoms with Crippen molar-refractivity contribution in [1.29, 1.82) is 0 Å². The van der Waals surface area contributed by atoms with Gasteiger partial charge in [0.1, 0.15) is 0 Å². The molecule has 6 heteroatoms. The normalized spacial score (nSPS) is 10.6. The summed E-state index contributed by atoms with van der Waals surface area (Å²) in [5.74, 6) is 0.537. The summed E-state index contributed by atoms with van der Waals surface area (Å²) >= 11 is 0. The second-order valence-electron chi connectivity index (χ2n) is 4.86. The summed E-state index contributed by atoms with van der Waals surface area (Å²) in [5, 5.41) is 7.23. The Morgan fingerprint density at radius 1 is 1.24 bits per heavy atom. The van der Waals surface area contributed by atoms with E-state index in [9.17, 15) is 0 Å². The van der Waals surface area contributed by atoms with E-state index in [0.29, 0.717) is 5.95 Å². The third kappa shape index (κ3) is 2.84. The molecule has 3 rings (SSSR count). The van der Waals surface area contributed by atoms with Crippen molar-refractivity contribution in [2.45, 2.75) is 6.92 Å². The average molecular weight is 280 g/mol. The van der Waals surface area contributed by atoms with Crippen molar-refractivity contribution < 1.29 is 0 Å². The summed E-state index contributed by atoms with van der Waals surface area (Å²) in [5.41, 5.74) is 10.4. The molecule has 0 fully saturated rings. The van der Waals surface area contributed by atoms with Crippen molar-refractivity contribution in [2.75, 3.05) is 11.1 Å². The summed E-state index contributed by atoms with van der Waals surface area (Å²) in [6.07, 6.45) is 5.32. The Labute approximate surface area is 122 Å². The fourth-order valence-electron chi connectivity index (χ4n) is 2.03. The Hall–Kier alpha value is -2.89. The second-order valence-corrected chi connectivity index (χ2v) is 4.86. The van der Waals surface area contributed by atoms with Gasteiger partial charge in [-0.25, -0.2) is 9.97 Å². The van der Waals surface area contributed by atoms with Gasteiger partial charge in [0.15, 0.2) is 0 Å². The highest BCUT2D eigenvalue weighted by atomic mass is 15.3. The Kier molecular flexibility index (Phi) is 3.27. The number of aromatic nitrogens is 4. The maximum atomic E-state index is 5.85. The van der Waals surface area contributed by atoms with Gasteiger partial charge < -0.3 is 11.1 Å². The van der Waals surface area contributed by atoms with Crippen LogP contribution in [0.25, 0.3) is 11.3 Å². The molecule has 0 amide bonds. The molecule has 6 nitrogen and oxygen atoms in total. The third-order valence-corrected chi connectivity index (χ3v) is 3.18. The monoisotopic (exact) mass is 280 g/mol. The van der Waals surface area contributed by atoms with Gasteiger partial charge in [0.25, 0.3) is 0 Å². The molecular formula is C15H16N6. The highest BCUT2D eigenvalue weighted by Gasteiger charge is 2.05. The van der Waals surface area contributed by atoms with Gasteiger partial charge in [0.05, 0.1) is 17.6 Å². The molecule has 1 aromatic carbocycles. The number of aryl methyl sites for hydroxylation is 2. The Balaban J connectivity index is 1.90. The number of nitrogens with two attached hydrogens (primary N) is 1. The zero-order chi connectivity index (χ0) is 14.8. The molecule has 0 radical (unpaired) electrons. The van der Waals surface area contributed by atoms with Crippen LogP contribution in [-0.2, 0) is 7.05 Å².